The summed E-state index contributed by atoms with van der Waals surface area (Å²) in [6, 6.07) is 6.04. The van der Waals surface area contributed by atoms with Gasteiger partial charge in [0.2, 0.25) is 0 Å². The molecule has 0 fully saturated rings. The largest absolute Gasteiger partial charge is 0.465 e. The summed E-state index contributed by atoms with van der Waals surface area (Å²) in [5.41, 5.74) is 0.538. The zero-order valence-corrected chi connectivity index (χ0v) is 11.7. The number of benzene rings is 1. The Labute approximate surface area is 116 Å². The van der Waals surface area contributed by atoms with Gasteiger partial charge in [0, 0.05) is 18.9 Å². The van der Waals surface area contributed by atoms with Gasteiger partial charge in [-0.2, -0.15) is 5.10 Å². The van der Waals surface area contributed by atoms with Gasteiger partial charge < -0.3 is 4.74 Å². The highest BCUT2D eigenvalue weighted by Crippen LogP contribution is 2.17. The van der Waals surface area contributed by atoms with E-state index < -0.39 is 16.0 Å². The third kappa shape index (κ3) is 2.97. The van der Waals surface area contributed by atoms with Gasteiger partial charge in [-0.15, -0.1) is 0 Å². The van der Waals surface area contributed by atoms with Crippen LogP contribution in [0, 0.1) is 0 Å². The van der Waals surface area contributed by atoms with Gasteiger partial charge in [-0.25, -0.2) is 13.2 Å². The molecule has 1 aromatic heterocycles. The van der Waals surface area contributed by atoms with Crippen molar-refractivity contribution in [2.75, 3.05) is 11.8 Å². The van der Waals surface area contributed by atoms with Crippen molar-refractivity contribution in [3.8, 4) is 0 Å². The van der Waals surface area contributed by atoms with E-state index in [4.69, 9.17) is 0 Å². The molecule has 8 heteroatoms. The number of ether oxygens (including phenoxy) is 1. The van der Waals surface area contributed by atoms with E-state index >= 15 is 0 Å². The number of carbonyl (C=O) groups excluding carboxylic acids is 1. The zero-order chi connectivity index (χ0) is 14.8. The Kier molecular flexibility index (Phi) is 3.75. The molecule has 7 nitrogen and oxygen atoms in total. The second-order valence-corrected chi connectivity index (χ2v) is 5.71. The molecule has 2 aromatic rings. The van der Waals surface area contributed by atoms with Gasteiger partial charge in [0.05, 0.1) is 18.9 Å². The average molecular weight is 295 g/mol. The molecule has 0 amide bonds. The van der Waals surface area contributed by atoms with E-state index in [9.17, 15) is 13.2 Å². The molecule has 20 heavy (non-hydrogen) atoms. The maximum absolute atomic E-state index is 12.1. The van der Waals surface area contributed by atoms with E-state index in [0.29, 0.717) is 0 Å². The number of nitrogens with one attached hydrogen (secondary N) is 1. The summed E-state index contributed by atoms with van der Waals surface area (Å²) in [5.74, 6) is -0.535. The van der Waals surface area contributed by atoms with Crippen LogP contribution in [0.4, 0.5) is 5.69 Å². The Hall–Kier alpha value is -2.35. The van der Waals surface area contributed by atoms with Crippen molar-refractivity contribution in [2.45, 2.75) is 4.90 Å². The minimum Gasteiger partial charge on any atom is -0.465 e. The maximum Gasteiger partial charge on any atom is 0.337 e. The van der Waals surface area contributed by atoms with Crippen LogP contribution in [0.5, 0.6) is 0 Å². The van der Waals surface area contributed by atoms with Crippen LogP contribution in [-0.2, 0) is 21.8 Å². The van der Waals surface area contributed by atoms with Crippen molar-refractivity contribution in [3.63, 3.8) is 0 Å². The van der Waals surface area contributed by atoms with Crippen LogP contribution >= 0.6 is 0 Å². The Morgan fingerprint density at radius 3 is 2.75 bits per heavy atom. The number of nitrogens with zero attached hydrogens (tertiary/aromatic N) is 2. The Morgan fingerprint density at radius 2 is 2.15 bits per heavy atom. The number of aryl methyl sites for hydroxylation is 1. The van der Waals surface area contributed by atoms with Gasteiger partial charge in [0.15, 0.2) is 0 Å². The lowest BCUT2D eigenvalue weighted by atomic mass is 10.2. The molecule has 0 saturated carbocycles. The molecule has 1 aromatic carbocycles. The topological polar surface area (TPSA) is 90.3 Å². The monoisotopic (exact) mass is 295 g/mol. The number of aromatic nitrogens is 2. The molecule has 0 bridgehead atoms. The Bertz CT molecular complexity index is 737. The first-order valence-electron chi connectivity index (χ1n) is 5.62. The van der Waals surface area contributed by atoms with Crippen molar-refractivity contribution in [1.29, 1.82) is 0 Å². The number of sulfonamides is 1. The smallest absolute Gasteiger partial charge is 0.337 e. The number of esters is 1. The molecule has 1 N–H and O–H groups in total. The lowest BCUT2D eigenvalue weighted by Crippen LogP contribution is -2.13. The SMILES string of the molecule is COC(=O)c1cccc(NS(=O)(=O)c2cnn(C)c2)c1. The first-order valence-corrected chi connectivity index (χ1v) is 7.10. The number of hydrogen-bond donors (Lipinski definition) is 1. The van der Waals surface area contributed by atoms with Gasteiger partial charge in [0.25, 0.3) is 10.0 Å². The molecule has 1 heterocycles. The standard InChI is InChI=1S/C12H13N3O4S/c1-15-8-11(7-13-15)20(17,18)14-10-5-3-4-9(6-10)12(16)19-2/h3-8,14H,1-2H3. The summed E-state index contributed by atoms with van der Waals surface area (Å²) in [6.07, 6.45) is 2.62. The van der Waals surface area contributed by atoms with E-state index in [1.165, 1.54) is 36.3 Å². The zero-order valence-electron chi connectivity index (χ0n) is 10.9. The molecule has 2 rings (SSSR count). The van der Waals surface area contributed by atoms with Crippen LogP contribution in [0.3, 0.4) is 0 Å². The Balaban J connectivity index is 2.28. The van der Waals surface area contributed by atoms with E-state index in [-0.39, 0.29) is 16.1 Å². The molecule has 106 valence electrons. The average Bonchev–Trinajstić information content (AvgIpc) is 2.85. The fourth-order valence-corrected chi connectivity index (χ4v) is 2.61. The van der Waals surface area contributed by atoms with E-state index in [1.54, 1.807) is 19.2 Å². The second kappa shape index (κ2) is 5.33. The summed E-state index contributed by atoms with van der Waals surface area (Å²) < 4.78 is 32.5. The summed E-state index contributed by atoms with van der Waals surface area (Å²) in [4.78, 5) is 11.4. The summed E-state index contributed by atoms with van der Waals surface area (Å²) in [7, 11) is -0.846. The predicted octanol–water partition coefficient (Wildman–Crippen LogP) is 1.01. The van der Waals surface area contributed by atoms with Crippen molar-refractivity contribution < 1.29 is 17.9 Å². The predicted molar refractivity (Wildman–Crippen MR) is 71.8 cm³/mol. The molecule has 0 radical (unpaired) electrons. The fraction of sp³-hybridized carbons (Fsp3) is 0.167. The summed E-state index contributed by atoms with van der Waals surface area (Å²) >= 11 is 0. The number of methoxy groups -OCH3 is 1. The first-order chi connectivity index (χ1) is 9.42. The fourth-order valence-electron chi connectivity index (χ4n) is 1.58. The van der Waals surface area contributed by atoms with Crippen molar-refractivity contribution >= 4 is 21.7 Å². The lowest BCUT2D eigenvalue weighted by Gasteiger charge is -2.07. The van der Waals surface area contributed by atoms with Crippen molar-refractivity contribution in [3.05, 3.63) is 42.2 Å². The Morgan fingerprint density at radius 1 is 1.40 bits per heavy atom. The summed E-state index contributed by atoms with van der Waals surface area (Å²) in [5, 5.41) is 3.81. The highest BCUT2D eigenvalue weighted by Gasteiger charge is 2.16. The molecule has 0 saturated heterocycles. The van der Waals surface area contributed by atoms with Crippen LogP contribution in [0.25, 0.3) is 0 Å². The number of carbonyl (C=O) groups is 1. The third-order valence-electron chi connectivity index (χ3n) is 2.53. The normalized spacial score (nSPS) is 11.1. The molecule has 0 atom stereocenters. The highest BCUT2D eigenvalue weighted by atomic mass is 32.2. The minimum atomic E-state index is -3.73. The second-order valence-electron chi connectivity index (χ2n) is 4.03. The van der Waals surface area contributed by atoms with Crippen LogP contribution in [-0.4, -0.2) is 31.3 Å². The van der Waals surface area contributed by atoms with Crippen molar-refractivity contribution in [1.82, 2.24) is 9.78 Å². The molecule has 0 aliphatic carbocycles. The maximum atomic E-state index is 12.1. The van der Waals surface area contributed by atoms with Gasteiger partial charge in [0.1, 0.15) is 4.90 Å². The van der Waals surface area contributed by atoms with Gasteiger partial charge in [-0.05, 0) is 18.2 Å². The minimum absolute atomic E-state index is 0.0449. The highest BCUT2D eigenvalue weighted by molar-refractivity contribution is 7.92. The van der Waals surface area contributed by atoms with E-state index in [0.717, 1.165) is 0 Å². The molecule has 0 aliphatic heterocycles. The number of anilines is 1. The van der Waals surface area contributed by atoms with E-state index in [1.807, 2.05) is 0 Å². The van der Waals surface area contributed by atoms with Crippen LogP contribution < -0.4 is 4.72 Å². The number of rotatable bonds is 4. The lowest BCUT2D eigenvalue weighted by molar-refractivity contribution is 0.0601. The van der Waals surface area contributed by atoms with Gasteiger partial charge in [-0.1, -0.05) is 6.07 Å². The van der Waals surface area contributed by atoms with Crippen LogP contribution in [0.1, 0.15) is 10.4 Å². The first kappa shape index (κ1) is 14.1. The quantitative estimate of drug-likeness (QED) is 0.850. The molecule has 0 aliphatic rings. The van der Waals surface area contributed by atoms with Gasteiger partial charge >= 0.3 is 5.97 Å². The number of hydrogen-bond acceptors (Lipinski definition) is 5. The molecule has 0 unspecified atom stereocenters. The molecular formula is C12H13N3O4S. The van der Waals surface area contributed by atoms with Crippen LogP contribution in [0.2, 0.25) is 0 Å². The molecule has 0 spiro atoms. The van der Waals surface area contributed by atoms with Crippen LogP contribution in [0.15, 0.2) is 41.6 Å². The van der Waals surface area contributed by atoms with Crippen molar-refractivity contribution in [2.24, 2.45) is 7.05 Å². The van der Waals surface area contributed by atoms with E-state index in [2.05, 4.69) is 14.6 Å². The molecular weight excluding hydrogens is 282 g/mol. The van der Waals surface area contributed by atoms with Gasteiger partial charge in [-0.3, -0.25) is 9.40 Å². The third-order valence-corrected chi connectivity index (χ3v) is 3.86. The summed E-state index contributed by atoms with van der Waals surface area (Å²) in [6.45, 7) is 0.